The molecule has 3 unspecified atom stereocenters. The number of hydrogen-bond donors (Lipinski definition) is 0. The van der Waals surface area contributed by atoms with Gasteiger partial charge in [0.05, 0.1) is 17.0 Å². The molecule has 27 heavy (non-hydrogen) atoms. The van der Waals surface area contributed by atoms with Gasteiger partial charge in [-0.25, -0.2) is 8.42 Å². The SMILES string of the molecule is CC1OC(c2ccccc2)N(S(=O)(=O)c2ccccc2)C1c1ccccc1. The minimum atomic E-state index is -3.76. The molecule has 0 aliphatic carbocycles. The molecule has 3 atom stereocenters. The number of rotatable bonds is 4. The summed E-state index contributed by atoms with van der Waals surface area (Å²) in [5.41, 5.74) is 1.74. The second-order valence-corrected chi connectivity index (χ2v) is 8.45. The van der Waals surface area contributed by atoms with Gasteiger partial charge in [-0.05, 0) is 30.2 Å². The minimum Gasteiger partial charge on any atom is -0.353 e. The van der Waals surface area contributed by atoms with E-state index in [-0.39, 0.29) is 11.0 Å². The van der Waals surface area contributed by atoms with Crippen molar-refractivity contribution in [3.05, 3.63) is 102 Å². The van der Waals surface area contributed by atoms with Crippen LogP contribution in [-0.2, 0) is 14.8 Å². The van der Waals surface area contributed by atoms with Crippen molar-refractivity contribution in [2.75, 3.05) is 0 Å². The predicted octanol–water partition coefficient (Wildman–Crippen LogP) is 4.54. The largest absolute Gasteiger partial charge is 0.353 e. The van der Waals surface area contributed by atoms with Crippen LogP contribution in [0.1, 0.15) is 30.3 Å². The van der Waals surface area contributed by atoms with E-state index < -0.39 is 22.3 Å². The zero-order valence-electron chi connectivity index (χ0n) is 15.0. The maximum atomic E-state index is 13.6. The van der Waals surface area contributed by atoms with Gasteiger partial charge in [0, 0.05) is 0 Å². The maximum Gasteiger partial charge on any atom is 0.246 e. The van der Waals surface area contributed by atoms with E-state index in [2.05, 4.69) is 0 Å². The Morgan fingerprint density at radius 1 is 0.741 bits per heavy atom. The first-order chi connectivity index (χ1) is 13.1. The highest BCUT2D eigenvalue weighted by atomic mass is 32.2. The number of ether oxygens (including phenoxy) is 1. The standard InChI is InChI=1S/C22H21NO3S/c1-17-21(18-11-5-2-6-12-18)23(22(26-17)19-13-7-3-8-14-19)27(24,25)20-15-9-4-10-16-20/h2-17,21-22H,1H3. The fourth-order valence-electron chi connectivity index (χ4n) is 3.59. The van der Waals surface area contributed by atoms with Crippen LogP contribution in [0.25, 0.3) is 0 Å². The van der Waals surface area contributed by atoms with Gasteiger partial charge in [0.15, 0.2) is 6.23 Å². The molecule has 0 amide bonds. The van der Waals surface area contributed by atoms with E-state index in [1.165, 1.54) is 4.31 Å². The van der Waals surface area contributed by atoms with E-state index in [0.717, 1.165) is 11.1 Å². The highest BCUT2D eigenvalue weighted by Crippen LogP contribution is 2.46. The van der Waals surface area contributed by atoms with E-state index >= 15 is 0 Å². The van der Waals surface area contributed by atoms with Crippen LogP contribution in [-0.4, -0.2) is 18.8 Å². The van der Waals surface area contributed by atoms with E-state index in [1.54, 1.807) is 24.3 Å². The molecule has 0 saturated carbocycles. The number of hydrogen-bond acceptors (Lipinski definition) is 3. The quantitative estimate of drug-likeness (QED) is 0.669. The third-order valence-electron chi connectivity index (χ3n) is 4.84. The van der Waals surface area contributed by atoms with Crippen LogP contribution in [0, 0.1) is 0 Å². The summed E-state index contributed by atoms with van der Waals surface area (Å²) in [7, 11) is -3.76. The summed E-state index contributed by atoms with van der Waals surface area (Å²) in [5, 5.41) is 0. The van der Waals surface area contributed by atoms with Crippen molar-refractivity contribution >= 4 is 10.0 Å². The number of sulfonamides is 1. The van der Waals surface area contributed by atoms with Gasteiger partial charge in [-0.15, -0.1) is 0 Å². The Balaban J connectivity index is 1.87. The predicted molar refractivity (Wildman–Crippen MR) is 104 cm³/mol. The van der Waals surface area contributed by atoms with Crippen molar-refractivity contribution < 1.29 is 13.2 Å². The Bertz CT molecular complexity index is 992. The molecule has 1 fully saturated rings. The molecule has 138 valence electrons. The van der Waals surface area contributed by atoms with Crippen LogP contribution in [0.5, 0.6) is 0 Å². The third-order valence-corrected chi connectivity index (χ3v) is 6.68. The minimum absolute atomic E-state index is 0.268. The molecule has 1 aliphatic heterocycles. The van der Waals surface area contributed by atoms with Crippen molar-refractivity contribution in [3.63, 3.8) is 0 Å². The summed E-state index contributed by atoms with van der Waals surface area (Å²) in [5.74, 6) is 0. The van der Waals surface area contributed by atoms with Crippen LogP contribution in [0.2, 0.25) is 0 Å². The Morgan fingerprint density at radius 3 is 1.78 bits per heavy atom. The molecule has 0 spiro atoms. The summed E-state index contributed by atoms with van der Waals surface area (Å²) < 4.78 is 34.9. The number of nitrogens with zero attached hydrogens (tertiary/aromatic N) is 1. The molecule has 1 heterocycles. The molecule has 1 saturated heterocycles. The normalized spacial score (nSPS) is 23.4. The topological polar surface area (TPSA) is 46.6 Å². The van der Waals surface area contributed by atoms with Crippen molar-refractivity contribution in [1.29, 1.82) is 0 Å². The lowest BCUT2D eigenvalue weighted by atomic mass is 10.0. The fourth-order valence-corrected chi connectivity index (χ4v) is 5.35. The maximum absolute atomic E-state index is 13.6. The highest BCUT2D eigenvalue weighted by molar-refractivity contribution is 7.89. The molecular formula is C22H21NO3S. The van der Waals surface area contributed by atoms with Gasteiger partial charge in [0.25, 0.3) is 0 Å². The van der Waals surface area contributed by atoms with Gasteiger partial charge in [-0.1, -0.05) is 78.9 Å². The summed E-state index contributed by atoms with van der Waals surface area (Å²) in [6.07, 6.45) is -0.951. The molecule has 0 N–H and O–H groups in total. The molecule has 4 nitrogen and oxygen atoms in total. The molecule has 4 rings (SSSR count). The fraction of sp³-hybridized carbons (Fsp3) is 0.182. The van der Waals surface area contributed by atoms with Gasteiger partial charge in [-0.2, -0.15) is 4.31 Å². The average Bonchev–Trinajstić information content (AvgIpc) is 3.08. The van der Waals surface area contributed by atoms with Gasteiger partial charge in [0.2, 0.25) is 10.0 Å². The van der Waals surface area contributed by atoms with E-state index in [1.807, 2.05) is 73.7 Å². The Morgan fingerprint density at radius 2 is 1.22 bits per heavy atom. The van der Waals surface area contributed by atoms with Gasteiger partial charge < -0.3 is 4.74 Å². The first-order valence-corrected chi connectivity index (χ1v) is 10.4. The van der Waals surface area contributed by atoms with Crippen molar-refractivity contribution in [2.45, 2.75) is 30.2 Å². The van der Waals surface area contributed by atoms with Crippen LogP contribution < -0.4 is 0 Å². The van der Waals surface area contributed by atoms with Crippen molar-refractivity contribution in [2.24, 2.45) is 0 Å². The summed E-state index contributed by atoms with van der Waals surface area (Å²) in [6, 6.07) is 27.3. The zero-order chi connectivity index (χ0) is 18.9. The lowest BCUT2D eigenvalue weighted by Crippen LogP contribution is -2.34. The van der Waals surface area contributed by atoms with Crippen LogP contribution in [0.15, 0.2) is 95.9 Å². The van der Waals surface area contributed by atoms with Crippen LogP contribution in [0.3, 0.4) is 0 Å². The van der Waals surface area contributed by atoms with Crippen LogP contribution in [0.4, 0.5) is 0 Å². The molecule has 3 aromatic rings. The molecule has 0 aromatic heterocycles. The molecule has 5 heteroatoms. The lowest BCUT2D eigenvalue weighted by Gasteiger charge is -2.28. The lowest BCUT2D eigenvalue weighted by molar-refractivity contribution is 0.0283. The average molecular weight is 379 g/mol. The van der Waals surface area contributed by atoms with E-state index in [9.17, 15) is 8.42 Å². The Kier molecular flexibility index (Phi) is 4.83. The Labute approximate surface area is 160 Å². The monoisotopic (exact) mass is 379 g/mol. The summed E-state index contributed by atoms with van der Waals surface area (Å²) in [6.45, 7) is 1.92. The van der Waals surface area contributed by atoms with Gasteiger partial charge in [0.1, 0.15) is 0 Å². The van der Waals surface area contributed by atoms with Gasteiger partial charge >= 0.3 is 0 Å². The zero-order valence-corrected chi connectivity index (χ0v) is 15.8. The smallest absolute Gasteiger partial charge is 0.246 e. The third kappa shape index (κ3) is 3.30. The summed E-state index contributed by atoms with van der Waals surface area (Å²) >= 11 is 0. The molecule has 3 aromatic carbocycles. The molecule has 0 bridgehead atoms. The second-order valence-electron chi connectivity index (χ2n) is 6.61. The van der Waals surface area contributed by atoms with E-state index in [0.29, 0.717) is 0 Å². The molecule has 1 aliphatic rings. The summed E-state index contributed by atoms with van der Waals surface area (Å²) in [4.78, 5) is 0.268. The van der Waals surface area contributed by atoms with Crippen LogP contribution >= 0.6 is 0 Å². The van der Waals surface area contributed by atoms with Gasteiger partial charge in [-0.3, -0.25) is 0 Å². The molecule has 0 radical (unpaired) electrons. The number of benzene rings is 3. The second kappa shape index (κ2) is 7.27. The highest BCUT2D eigenvalue weighted by Gasteiger charge is 2.48. The first kappa shape index (κ1) is 17.9. The van der Waals surface area contributed by atoms with Crippen molar-refractivity contribution in [3.8, 4) is 0 Å². The first-order valence-electron chi connectivity index (χ1n) is 8.93. The van der Waals surface area contributed by atoms with Crippen molar-refractivity contribution in [1.82, 2.24) is 4.31 Å². The van der Waals surface area contributed by atoms with E-state index in [4.69, 9.17) is 4.74 Å². The Hall–Kier alpha value is -2.47. The molecular weight excluding hydrogens is 358 g/mol.